The van der Waals surface area contributed by atoms with Gasteiger partial charge in [-0.15, -0.1) is 0 Å². The zero-order valence-corrected chi connectivity index (χ0v) is 13.6. The molecule has 0 bridgehead atoms. The van der Waals surface area contributed by atoms with Gasteiger partial charge >= 0.3 is 0 Å². The molecule has 0 radical (unpaired) electrons. The molecule has 6 heteroatoms. The number of aryl methyl sites for hydroxylation is 1. The van der Waals surface area contributed by atoms with Gasteiger partial charge in [-0.3, -0.25) is 4.79 Å². The summed E-state index contributed by atoms with van der Waals surface area (Å²) in [6.07, 6.45) is 2.03. The Kier molecular flexibility index (Phi) is 4.63. The summed E-state index contributed by atoms with van der Waals surface area (Å²) < 4.78 is 11.1. The number of benzene rings is 1. The van der Waals surface area contributed by atoms with E-state index >= 15 is 0 Å². The quantitative estimate of drug-likeness (QED) is 0.855. The van der Waals surface area contributed by atoms with Crippen LogP contribution in [0.15, 0.2) is 18.2 Å². The second-order valence-electron chi connectivity index (χ2n) is 6.33. The van der Waals surface area contributed by atoms with Crippen molar-refractivity contribution < 1.29 is 14.3 Å². The zero-order valence-electron chi connectivity index (χ0n) is 13.6. The first kappa shape index (κ1) is 16.0. The molecule has 124 valence electrons. The molecule has 0 saturated carbocycles. The molecule has 0 unspecified atom stereocenters. The van der Waals surface area contributed by atoms with Gasteiger partial charge in [0.15, 0.2) is 0 Å². The normalized spacial score (nSPS) is 21.0. The summed E-state index contributed by atoms with van der Waals surface area (Å²) >= 11 is 0. The molecule has 2 aromatic rings. The minimum atomic E-state index is -0.230. The number of hydrogen-bond donors (Lipinski definition) is 2. The maximum absolute atomic E-state index is 11.8. The fourth-order valence-electron chi connectivity index (χ4n) is 2.85. The topological polar surface area (TPSA) is 76.2 Å². The van der Waals surface area contributed by atoms with Crippen LogP contribution in [0.2, 0.25) is 0 Å². The molecule has 1 aromatic carbocycles. The van der Waals surface area contributed by atoms with Crippen LogP contribution in [0.5, 0.6) is 0 Å². The first-order chi connectivity index (χ1) is 11.1. The lowest BCUT2D eigenvalue weighted by Crippen LogP contribution is -2.41. The van der Waals surface area contributed by atoms with E-state index in [0.29, 0.717) is 6.54 Å². The van der Waals surface area contributed by atoms with Crippen molar-refractivity contribution in [1.82, 2.24) is 15.3 Å². The van der Waals surface area contributed by atoms with Crippen molar-refractivity contribution in [3.05, 3.63) is 29.6 Å². The molecule has 6 nitrogen and oxygen atoms in total. The summed E-state index contributed by atoms with van der Waals surface area (Å²) in [5.74, 6) is 0.599. The van der Waals surface area contributed by atoms with E-state index in [1.165, 1.54) is 0 Å². The number of rotatable bonds is 6. The molecule has 1 aliphatic rings. The van der Waals surface area contributed by atoms with Gasteiger partial charge in [0.25, 0.3) is 0 Å². The highest BCUT2D eigenvalue weighted by Gasteiger charge is 2.29. The smallest absolute Gasteiger partial charge is 0.246 e. The van der Waals surface area contributed by atoms with Crippen molar-refractivity contribution in [2.45, 2.75) is 38.9 Å². The summed E-state index contributed by atoms with van der Waals surface area (Å²) in [6, 6.07) is 5.99. The SMILES string of the molecule is Cc1cccc2[nH]c(COCC(=O)NC[C@@]3(C)CCCO3)nc12. The van der Waals surface area contributed by atoms with E-state index in [1.807, 2.05) is 32.0 Å². The van der Waals surface area contributed by atoms with Crippen molar-refractivity contribution in [2.24, 2.45) is 0 Å². The van der Waals surface area contributed by atoms with Crippen LogP contribution >= 0.6 is 0 Å². The highest BCUT2D eigenvalue weighted by Crippen LogP contribution is 2.23. The van der Waals surface area contributed by atoms with Crippen molar-refractivity contribution in [3.63, 3.8) is 0 Å². The van der Waals surface area contributed by atoms with Crippen LogP contribution < -0.4 is 5.32 Å². The van der Waals surface area contributed by atoms with Crippen LogP contribution in [0, 0.1) is 6.92 Å². The number of aromatic amines is 1. The number of amides is 1. The van der Waals surface area contributed by atoms with E-state index in [9.17, 15) is 4.79 Å². The van der Waals surface area contributed by atoms with E-state index in [-0.39, 0.29) is 24.7 Å². The molecule has 1 atom stereocenters. The maximum atomic E-state index is 11.8. The summed E-state index contributed by atoms with van der Waals surface area (Å²) in [7, 11) is 0. The van der Waals surface area contributed by atoms with Gasteiger partial charge in [0.1, 0.15) is 19.0 Å². The van der Waals surface area contributed by atoms with Crippen molar-refractivity contribution in [2.75, 3.05) is 19.8 Å². The Morgan fingerprint density at radius 1 is 1.52 bits per heavy atom. The number of hydrogen-bond acceptors (Lipinski definition) is 4. The van der Waals surface area contributed by atoms with Crippen molar-refractivity contribution in [3.8, 4) is 0 Å². The average molecular weight is 317 g/mol. The van der Waals surface area contributed by atoms with E-state index in [2.05, 4.69) is 15.3 Å². The number of carbonyl (C=O) groups excluding carboxylic acids is 1. The average Bonchev–Trinajstić information content (AvgIpc) is 3.13. The van der Waals surface area contributed by atoms with Crippen molar-refractivity contribution in [1.29, 1.82) is 0 Å². The third-order valence-electron chi connectivity index (χ3n) is 4.20. The van der Waals surface area contributed by atoms with Crippen LogP contribution in [0.25, 0.3) is 11.0 Å². The Morgan fingerprint density at radius 3 is 3.13 bits per heavy atom. The fourth-order valence-corrected chi connectivity index (χ4v) is 2.85. The molecule has 1 aliphatic heterocycles. The van der Waals surface area contributed by atoms with Gasteiger partial charge in [-0.25, -0.2) is 4.98 Å². The second kappa shape index (κ2) is 6.68. The molecule has 0 aliphatic carbocycles. The fraction of sp³-hybridized carbons (Fsp3) is 0.529. The summed E-state index contributed by atoms with van der Waals surface area (Å²) in [5, 5.41) is 2.87. The third kappa shape index (κ3) is 3.89. The Hall–Kier alpha value is -1.92. The Bertz CT molecular complexity index is 689. The van der Waals surface area contributed by atoms with Crippen molar-refractivity contribution >= 4 is 16.9 Å². The molecule has 0 spiro atoms. The molecule has 1 fully saturated rings. The van der Waals surface area contributed by atoms with Crippen LogP contribution in [0.4, 0.5) is 0 Å². The molecule has 3 rings (SSSR count). The van der Waals surface area contributed by atoms with Gasteiger partial charge in [0.05, 0.1) is 16.6 Å². The number of ether oxygens (including phenoxy) is 2. The predicted octanol–water partition coefficient (Wildman–Crippen LogP) is 2.07. The largest absolute Gasteiger partial charge is 0.373 e. The number of H-pyrrole nitrogens is 1. The lowest BCUT2D eigenvalue weighted by atomic mass is 10.0. The highest BCUT2D eigenvalue weighted by molar-refractivity contribution is 5.78. The van der Waals surface area contributed by atoms with E-state index in [4.69, 9.17) is 9.47 Å². The standard InChI is InChI=1S/C17H23N3O3/c1-12-5-3-6-13-16(12)20-14(19-13)9-22-10-15(21)18-11-17(2)7-4-8-23-17/h3,5-6H,4,7-11H2,1-2H3,(H,18,21)(H,19,20)/t17-/m1/s1. The molecule has 1 aromatic heterocycles. The number of imidazole rings is 1. The highest BCUT2D eigenvalue weighted by atomic mass is 16.5. The van der Waals surface area contributed by atoms with Crippen LogP contribution in [-0.2, 0) is 20.9 Å². The molecule has 23 heavy (non-hydrogen) atoms. The Balaban J connectivity index is 1.45. The summed E-state index contributed by atoms with van der Waals surface area (Å²) in [6.45, 7) is 5.65. The monoisotopic (exact) mass is 317 g/mol. The zero-order chi connectivity index (χ0) is 16.3. The van der Waals surface area contributed by atoms with Gasteiger partial charge in [0, 0.05) is 13.2 Å². The van der Waals surface area contributed by atoms with Gasteiger partial charge in [-0.05, 0) is 38.3 Å². The van der Waals surface area contributed by atoms with E-state index in [1.54, 1.807) is 0 Å². The first-order valence-corrected chi connectivity index (χ1v) is 7.98. The number of carbonyl (C=O) groups is 1. The summed E-state index contributed by atoms with van der Waals surface area (Å²) in [4.78, 5) is 19.5. The third-order valence-corrected chi connectivity index (χ3v) is 4.20. The molecule has 2 N–H and O–H groups in total. The number of para-hydroxylation sites is 1. The van der Waals surface area contributed by atoms with Gasteiger partial charge in [-0.1, -0.05) is 12.1 Å². The first-order valence-electron chi connectivity index (χ1n) is 7.98. The molecular formula is C17H23N3O3. The molecule has 1 saturated heterocycles. The molecule has 2 heterocycles. The molecule has 1 amide bonds. The van der Waals surface area contributed by atoms with Crippen LogP contribution in [0.1, 0.15) is 31.2 Å². The number of nitrogens with one attached hydrogen (secondary N) is 2. The number of nitrogens with zero attached hydrogens (tertiary/aromatic N) is 1. The Labute approximate surface area is 135 Å². The minimum absolute atomic E-state index is 0.0199. The van der Waals surface area contributed by atoms with E-state index < -0.39 is 0 Å². The minimum Gasteiger partial charge on any atom is -0.373 e. The van der Waals surface area contributed by atoms with Gasteiger partial charge < -0.3 is 19.8 Å². The predicted molar refractivity (Wildman–Crippen MR) is 87.1 cm³/mol. The summed E-state index contributed by atoms with van der Waals surface area (Å²) in [5.41, 5.74) is 2.82. The van der Waals surface area contributed by atoms with Gasteiger partial charge in [-0.2, -0.15) is 0 Å². The lowest BCUT2D eigenvalue weighted by molar-refractivity contribution is -0.127. The van der Waals surface area contributed by atoms with E-state index in [0.717, 1.165) is 41.9 Å². The molecular weight excluding hydrogens is 294 g/mol. The maximum Gasteiger partial charge on any atom is 0.246 e. The van der Waals surface area contributed by atoms with Gasteiger partial charge in [0.2, 0.25) is 5.91 Å². The second-order valence-corrected chi connectivity index (χ2v) is 6.33. The lowest BCUT2D eigenvalue weighted by Gasteiger charge is -2.23. The number of aromatic nitrogens is 2. The van der Waals surface area contributed by atoms with Crippen LogP contribution in [-0.4, -0.2) is 41.2 Å². The Morgan fingerprint density at radius 2 is 2.39 bits per heavy atom. The van der Waals surface area contributed by atoms with Crippen LogP contribution in [0.3, 0.4) is 0 Å². The number of fused-ring (bicyclic) bond motifs is 1.